The molecule has 2 aliphatic rings. The number of hydrogen-bond donors (Lipinski definition) is 1. The molecule has 0 radical (unpaired) electrons. The molecule has 0 spiro atoms. The van der Waals surface area contributed by atoms with Gasteiger partial charge in [-0.05, 0) is 41.3 Å². The van der Waals surface area contributed by atoms with E-state index in [9.17, 15) is 22.8 Å². The number of alkyl halides is 3. The Labute approximate surface area is 160 Å². The van der Waals surface area contributed by atoms with Crippen molar-refractivity contribution in [2.75, 3.05) is 0 Å². The second-order valence-corrected chi connectivity index (χ2v) is 7.70. The number of rotatable bonds is 1. The molecule has 4 nitrogen and oxygen atoms in total. The van der Waals surface area contributed by atoms with E-state index >= 15 is 0 Å². The average molecular weight is 388 g/mol. The Bertz CT molecular complexity index is 961. The Morgan fingerprint density at radius 2 is 1.86 bits per heavy atom. The molecule has 1 N–H and O–H groups in total. The predicted molar refractivity (Wildman–Crippen MR) is 99.6 cm³/mol. The smallest absolute Gasteiger partial charge is 0.325 e. The minimum Gasteiger partial charge on any atom is -0.325 e. The number of fused-ring (bicyclic) bond motifs is 1. The lowest BCUT2D eigenvalue weighted by molar-refractivity contribution is -0.137. The molecule has 0 fully saturated rings. The number of aliphatic imine (C=N–C) groups is 1. The molecule has 0 saturated heterocycles. The Morgan fingerprint density at radius 1 is 1.14 bits per heavy atom. The van der Waals surface area contributed by atoms with Crippen LogP contribution in [0.1, 0.15) is 36.7 Å². The van der Waals surface area contributed by atoms with Crippen molar-refractivity contribution in [2.45, 2.75) is 26.9 Å². The van der Waals surface area contributed by atoms with Gasteiger partial charge >= 0.3 is 6.18 Å². The highest BCUT2D eigenvalue weighted by Crippen LogP contribution is 2.38. The molecule has 1 aliphatic carbocycles. The molecule has 0 bridgehead atoms. The molecule has 0 aromatic heterocycles. The Balaban J connectivity index is 1.89. The van der Waals surface area contributed by atoms with E-state index in [0.717, 1.165) is 17.7 Å². The van der Waals surface area contributed by atoms with Crippen molar-refractivity contribution in [3.63, 3.8) is 0 Å². The highest BCUT2D eigenvalue weighted by molar-refractivity contribution is 6.14. The summed E-state index contributed by atoms with van der Waals surface area (Å²) in [6.45, 7) is 6.01. The molecule has 1 aromatic rings. The van der Waals surface area contributed by atoms with Crippen LogP contribution in [0.25, 0.3) is 0 Å². The summed E-state index contributed by atoms with van der Waals surface area (Å²) >= 11 is 0. The van der Waals surface area contributed by atoms with Crippen LogP contribution in [0.5, 0.6) is 0 Å². The van der Waals surface area contributed by atoms with Crippen molar-refractivity contribution >= 4 is 17.5 Å². The molecule has 0 saturated carbocycles. The van der Waals surface area contributed by atoms with Crippen LogP contribution in [0, 0.1) is 11.3 Å². The van der Waals surface area contributed by atoms with Crippen molar-refractivity contribution < 1.29 is 22.8 Å². The van der Waals surface area contributed by atoms with Crippen molar-refractivity contribution in [3.05, 3.63) is 71.0 Å². The molecule has 2 amide bonds. The van der Waals surface area contributed by atoms with E-state index in [2.05, 4.69) is 10.3 Å². The fourth-order valence-electron chi connectivity index (χ4n) is 3.15. The third-order valence-corrected chi connectivity index (χ3v) is 4.52. The number of amides is 2. The number of benzene rings is 1. The lowest BCUT2D eigenvalue weighted by Crippen LogP contribution is -2.36. The minimum atomic E-state index is -4.54. The standard InChI is InChI=1S/C21H19F3N2O2/c1-20(2,3)16-11-18(27)26-17-10-14(7-8-15(16)17)25-19(28)12-5-4-6-13(9-12)21(22,23)24/h4-11,15H,1-3H3,(H,26,27). The number of nitrogens with one attached hydrogen (secondary N) is 1. The molecule has 3 rings (SSSR count). The maximum absolute atomic E-state index is 12.8. The van der Waals surface area contributed by atoms with Crippen molar-refractivity contribution in [1.82, 2.24) is 5.32 Å². The first kappa shape index (κ1) is 19.8. The summed E-state index contributed by atoms with van der Waals surface area (Å²) in [7, 11) is 0. The normalized spacial score (nSPS) is 21.0. The molecule has 7 heteroatoms. The minimum absolute atomic E-state index is 0.139. The first-order valence-corrected chi connectivity index (χ1v) is 8.68. The van der Waals surface area contributed by atoms with Gasteiger partial charge < -0.3 is 5.32 Å². The fourth-order valence-corrected chi connectivity index (χ4v) is 3.15. The van der Waals surface area contributed by atoms with Gasteiger partial charge in [-0.25, -0.2) is 4.99 Å². The first-order valence-electron chi connectivity index (χ1n) is 8.68. The van der Waals surface area contributed by atoms with Crippen LogP contribution >= 0.6 is 0 Å². The Morgan fingerprint density at radius 3 is 2.50 bits per heavy atom. The van der Waals surface area contributed by atoms with Gasteiger partial charge in [0.25, 0.3) is 5.91 Å². The number of nitrogens with zero attached hydrogens (tertiary/aromatic N) is 1. The second-order valence-electron chi connectivity index (χ2n) is 7.70. The monoisotopic (exact) mass is 388 g/mol. The summed E-state index contributed by atoms with van der Waals surface area (Å²) in [5, 5.41) is 2.75. The van der Waals surface area contributed by atoms with Crippen LogP contribution in [0.15, 0.2) is 64.8 Å². The summed E-state index contributed by atoms with van der Waals surface area (Å²) in [4.78, 5) is 28.2. The molecular weight excluding hydrogens is 369 g/mol. The lowest BCUT2D eigenvalue weighted by atomic mass is 9.74. The number of carbonyl (C=O) groups is 2. The molecule has 1 unspecified atom stereocenters. The van der Waals surface area contributed by atoms with E-state index in [1.165, 1.54) is 12.1 Å². The summed E-state index contributed by atoms with van der Waals surface area (Å²) in [5.41, 5.74) is 0.505. The first-order chi connectivity index (χ1) is 12.9. The van der Waals surface area contributed by atoms with E-state index in [-0.39, 0.29) is 28.5 Å². The van der Waals surface area contributed by atoms with Gasteiger partial charge in [-0.1, -0.05) is 32.9 Å². The van der Waals surface area contributed by atoms with Crippen LogP contribution in [0.4, 0.5) is 13.2 Å². The van der Waals surface area contributed by atoms with E-state index in [1.54, 1.807) is 18.2 Å². The molecular formula is C21H19F3N2O2. The van der Waals surface area contributed by atoms with Gasteiger partial charge in [0, 0.05) is 23.3 Å². The maximum atomic E-state index is 12.8. The summed E-state index contributed by atoms with van der Waals surface area (Å²) < 4.78 is 38.5. The molecule has 28 heavy (non-hydrogen) atoms. The lowest BCUT2D eigenvalue weighted by Gasteiger charge is -2.34. The van der Waals surface area contributed by atoms with Crippen LogP contribution in [0.2, 0.25) is 0 Å². The highest BCUT2D eigenvalue weighted by atomic mass is 19.4. The number of hydrogen-bond acceptors (Lipinski definition) is 2. The third-order valence-electron chi connectivity index (χ3n) is 4.52. The topological polar surface area (TPSA) is 58.5 Å². The van der Waals surface area contributed by atoms with E-state index in [1.807, 2.05) is 26.8 Å². The van der Waals surface area contributed by atoms with Gasteiger partial charge in [0.05, 0.1) is 11.3 Å². The fraction of sp³-hybridized carbons (Fsp3) is 0.286. The van der Waals surface area contributed by atoms with E-state index in [0.29, 0.717) is 5.70 Å². The molecule has 1 aromatic carbocycles. The van der Waals surface area contributed by atoms with Crippen LogP contribution in [0.3, 0.4) is 0 Å². The Kier molecular flexibility index (Phi) is 4.87. The molecule has 1 heterocycles. The van der Waals surface area contributed by atoms with Crippen molar-refractivity contribution in [2.24, 2.45) is 16.3 Å². The summed E-state index contributed by atoms with van der Waals surface area (Å²) in [5.74, 6) is -1.18. The molecule has 1 atom stereocenters. The second kappa shape index (κ2) is 6.89. The zero-order chi connectivity index (χ0) is 20.7. The van der Waals surface area contributed by atoms with Crippen LogP contribution < -0.4 is 5.32 Å². The number of halogens is 3. The largest absolute Gasteiger partial charge is 0.416 e. The number of allylic oxidation sites excluding steroid dienone is 3. The van der Waals surface area contributed by atoms with Gasteiger partial charge in [-0.15, -0.1) is 0 Å². The predicted octanol–water partition coefficient (Wildman–Crippen LogP) is 4.46. The van der Waals surface area contributed by atoms with Crippen LogP contribution in [-0.4, -0.2) is 17.5 Å². The average Bonchev–Trinajstić information content (AvgIpc) is 2.59. The zero-order valence-corrected chi connectivity index (χ0v) is 15.6. The third kappa shape index (κ3) is 4.13. The van der Waals surface area contributed by atoms with E-state index < -0.39 is 17.6 Å². The SMILES string of the molecule is CC(C)(C)C1=CC(=O)NC2=CC(=NC(=O)c3cccc(C(F)(F)F)c3)C=CC21. The van der Waals surface area contributed by atoms with Crippen molar-refractivity contribution in [3.8, 4) is 0 Å². The molecule has 146 valence electrons. The van der Waals surface area contributed by atoms with Gasteiger partial charge in [-0.2, -0.15) is 13.2 Å². The summed E-state index contributed by atoms with van der Waals surface area (Å²) in [6, 6.07) is 4.13. The quantitative estimate of drug-likeness (QED) is 0.772. The van der Waals surface area contributed by atoms with Gasteiger partial charge in [0.1, 0.15) is 0 Å². The molecule has 1 aliphatic heterocycles. The van der Waals surface area contributed by atoms with Crippen molar-refractivity contribution in [1.29, 1.82) is 0 Å². The van der Waals surface area contributed by atoms with Gasteiger partial charge in [0.15, 0.2) is 0 Å². The van der Waals surface area contributed by atoms with E-state index in [4.69, 9.17) is 0 Å². The van der Waals surface area contributed by atoms with Gasteiger partial charge in [0.2, 0.25) is 5.91 Å². The van der Waals surface area contributed by atoms with Crippen LogP contribution in [-0.2, 0) is 11.0 Å². The zero-order valence-electron chi connectivity index (χ0n) is 15.6. The highest BCUT2D eigenvalue weighted by Gasteiger charge is 2.33. The summed E-state index contributed by atoms with van der Waals surface area (Å²) in [6.07, 6.45) is 2.07. The van der Waals surface area contributed by atoms with Gasteiger partial charge in [-0.3, -0.25) is 9.59 Å². The maximum Gasteiger partial charge on any atom is 0.416 e. The Hall–Kier alpha value is -2.96. The number of carbonyl (C=O) groups excluding carboxylic acids is 2.